The smallest absolute Gasteiger partial charge is 0.159 e. The van der Waals surface area contributed by atoms with Crippen molar-refractivity contribution in [1.29, 1.82) is 0 Å². The van der Waals surface area contributed by atoms with Crippen molar-refractivity contribution in [2.45, 2.75) is 18.6 Å². The van der Waals surface area contributed by atoms with Crippen molar-refractivity contribution in [1.82, 2.24) is 14.9 Å². The van der Waals surface area contributed by atoms with E-state index < -0.39 is 17.7 Å². The van der Waals surface area contributed by atoms with E-state index in [4.69, 9.17) is 0 Å². The number of imidazole rings is 1. The lowest BCUT2D eigenvalue weighted by atomic mass is 10.0. The minimum Gasteiger partial charge on any atom is -0.390 e. The van der Waals surface area contributed by atoms with E-state index in [-0.39, 0.29) is 6.04 Å². The second-order valence-electron chi connectivity index (χ2n) is 4.91. The summed E-state index contributed by atoms with van der Waals surface area (Å²) in [6, 6.07) is 3.59. The lowest BCUT2D eigenvalue weighted by Gasteiger charge is -2.30. The number of hydrogen-bond acceptors (Lipinski definition) is 3. The molecule has 2 N–H and O–H groups in total. The highest BCUT2D eigenvalue weighted by atomic mass is 19.2. The van der Waals surface area contributed by atoms with Crippen LogP contribution in [0.5, 0.6) is 0 Å². The minimum absolute atomic E-state index is 0.109. The van der Waals surface area contributed by atoms with Crippen molar-refractivity contribution in [3.63, 3.8) is 0 Å². The topological polar surface area (TPSA) is 50.1 Å². The van der Waals surface area contributed by atoms with Crippen molar-refractivity contribution < 1.29 is 13.9 Å². The second kappa shape index (κ2) is 5.30. The Bertz CT molecular complexity index is 614. The van der Waals surface area contributed by atoms with Gasteiger partial charge in [-0.1, -0.05) is 0 Å². The third-order valence-corrected chi connectivity index (χ3v) is 3.62. The molecule has 0 saturated carbocycles. The van der Waals surface area contributed by atoms with Crippen LogP contribution in [0.15, 0.2) is 30.6 Å². The molecular formula is C14H15F2N3O. The van der Waals surface area contributed by atoms with Gasteiger partial charge in [0.25, 0.3) is 0 Å². The highest BCUT2D eigenvalue weighted by Crippen LogP contribution is 2.27. The van der Waals surface area contributed by atoms with Crippen molar-refractivity contribution in [3.8, 4) is 11.4 Å². The first-order valence-electron chi connectivity index (χ1n) is 6.54. The van der Waals surface area contributed by atoms with Gasteiger partial charge in [0.1, 0.15) is 5.82 Å². The van der Waals surface area contributed by atoms with Crippen LogP contribution in [0.3, 0.4) is 0 Å². The van der Waals surface area contributed by atoms with Crippen molar-refractivity contribution in [3.05, 3.63) is 42.2 Å². The molecule has 0 unspecified atom stereocenters. The van der Waals surface area contributed by atoms with Gasteiger partial charge in [-0.3, -0.25) is 0 Å². The summed E-state index contributed by atoms with van der Waals surface area (Å²) in [5.74, 6) is -1.24. The Labute approximate surface area is 115 Å². The maximum absolute atomic E-state index is 13.4. The average molecular weight is 279 g/mol. The summed E-state index contributed by atoms with van der Waals surface area (Å²) in [6.45, 7) is 1.32. The molecule has 1 aromatic carbocycles. The van der Waals surface area contributed by atoms with E-state index in [0.717, 1.165) is 25.1 Å². The molecule has 0 bridgehead atoms. The summed E-state index contributed by atoms with van der Waals surface area (Å²) in [6.07, 6.45) is 3.59. The summed E-state index contributed by atoms with van der Waals surface area (Å²) >= 11 is 0. The number of piperidine rings is 1. The predicted molar refractivity (Wildman–Crippen MR) is 70.1 cm³/mol. The molecule has 106 valence electrons. The zero-order valence-electron chi connectivity index (χ0n) is 10.8. The van der Waals surface area contributed by atoms with Gasteiger partial charge in [0.2, 0.25) is 0 Å². The molecule has 20 heavy (non-hydrogen) atoms. The Balaban J connectivity index is 1.98. The monoisotopic (exact) mass is 279 g/mol. The number of halogens is 2. The van der Waals surface area contributed by atoms with Gasteiger partial charge in [0.05, 0.1) is 12.1 Å². The summed E-state index contributed by atoms with van der Waals surface area (Å²) in [5, 5.41) is 13.2. The summed E-state index contributed by atoms with van der Waals surface area (Å²) in [5.41, 5.74) is 0.500. The van der Waals surface area contributed by atoms with E-state index >= 15 is 0 Å². The molecule has 1 fully saturated rings. The molecule has 6 heteroatoms. The third-order valence-electron chi connectivity index (χ3n) is 3.62. The van der Waals surface area contributed by atoms with Crippen molar-refractivity contribution in [2.24, 2.45) is 0 Å². The molecule has 1 aromatic heterocycles. The molecule has 1 saturated heterocycles. The molecule has 0 aliphatic carbocycles. The fourth-order valence-electron chi connectivity index (χ4n) is 2.59. The standard InChI is InChI=1S/C14H15F2N3O/c15-10-2-1-9(7-11(10)16)14-18-5-6-19(14)12-3-4-17-8-13(12)20/h1-2,5-7,12-13,17,20H,3-4,8H2/t12-,13-/m0/s1. The van der Waals surface area contributed by atoms with Gasteiger partial charge in [0, 0.05) is 24.5 Å². The normalized spacial score (nSPS) is 22.9. The first-order valence-corrected chi connectivity index (χ1v) is 6.54. The van der Waals surface area contributed by atoms with E-state index in [2.05, 4.69) is 10.3 Å². The van der Waals surface area contributed by atoms with Crippen LogP contribution >= 0.6 is 0 Å². The molecule has 1 aliphatic rings. The minimum atomic E-state index is -0.900. The van der Waals surface area contributed by atoms with Crippen LogP contribution in [-0.4, -0.2) is 33.9 Å². The third kappa shape index (κ3) is 2.32. The maximum Gasteiger partial charge on any atom is 0.159 e. The van der Waals surface area contributed by atoms with Crippen LogP contribution in [0.4, 0.5) is 8.78 Å². The predicted octanol–water partition coefficient (Wildman–Crippen LogP) is 1.72. The summed E-state index contributed by atoms with van der Waals surface area (Å²) in [7, 11) is 0. The zero-order chi connectivity index (χ0) is 14.1. The first kappa shape index (κ1) is 13.2. The number of nitrogens with one attached hydrogen (secondary N) is 1. The highest BCUT2D eigenvalue weighted by Gasteiger charge is 2.26. The van der Waals surface area contributed by atoms with Crippen LogP contribution in [0.2, 0.25) is 0 Å². The van der Waals surface area contributed by atoms with Gasteiger partial charge in [-0.05, 0) is 31.2 Å². The van der Waals surface area contributed by atoms with Crippen LogP contribution in [0.1, 0.15) is 12.5 Å². The number of aliphatic hydroxyl groups is 1. The van der Waals surface area contributed by atoms with Crippen LogP contribution in [0, 0.1) is 11.6 Å². The Hall–Kier alpha value is -1.79. The first-order chi connectivity index (χ1) is 9.66. The maximum atomic E-state index is 13.4. The largest absolute Gasteiger partial charge is 0.390 e. The quantitative estimate of drug-likeness (QED) is 0.880. The van der Waals surface area contributed by atoms with Crippen LogP contribution in [0.25, 0.3) is 11.4 Å². The van der Waals surface area contributed by atoms with E-state index in [1.165, 1.54) is 6.07 Å². The molecule has 2 atom stereocenters. The number of nitrogens with zero attached hydrogens (tertiary/aromatic N) is 2. The number of β-amino-alcohol motifs (C(OH)–C–C–N with tert-alkyl or cyclic N) is 1. The Kier molecular flexibility index (Phi) is 3.50. The van der Waals surface area contributed by atoms with Crippen LogP contribution in [-0.2, 0) is 0 Å². The molecule has 4 nitrogen and oxygen atoms in total. The van der Waals surface area contributed by atoms with Gasteiger partial charge in [-0.15, -0.1) is 0 Å². The fourth-order valence-corrected chi connectivity index (χ4v) is 2.59. The number of rotatable bonds is 2. The average Bonchev–Trinajstić information content (AvgIpc) is 2.91. The number of aliphatic hydroxyl groups excluding tert-OH is 1. The zero-order valence-corrected chi connectivity index (χ0v) is 10.8. The number of benzene rings is 1. The van der Waals surface area contributed by atoms with E-state index in [9.17, 15) is 13.9 Å². The highest BCUT2D eigenvalue weighted by molar-refractivity contribution is 5.55. The Morgan fingerprint density at radius 2 is 2.15 bits per heavy atom. The molecule has 2 heterocycles. The Morgan fingerprint density at radius 1 is 1.30 bits per heavy atom. The molecule has 1 aliphatic heterocycles. The summed E-state index contributed by atoms with van der Waals surface area (Å²) < 4.78 is 28.2. The molecule has 0 spiro atoms. The second-order valence-corrected chi connectivity index (χ2v) is 4.91. The van der Waals surface area contributed by atoms with Gasteiger partial charge in [-0.25, -0.2) is 13.8 Å². The van der Waals surface area contributed by atoms with Crippen molar-refractivity contribution in [2.75, 3.05) is 13.1 Å². The molecule has 2 aromatic rings. The van der Waals surface area contributed by atoms with Gasteiger partial charge in [0.15, 0.2) is 11.6 Å². The summed E-state index contributed by atoms with van der Waals surface area (Å²) in [4.78, 5) is 4.21. The lowest BCUT2D eigenvalue weighted by molar-refractivity contribution is 0.0880. The van der Waals surface area contributed by atoms with Crippen LogP contribution < -0.4 is 5.32 Å². The molecular weight excluding hydrogens is 264 g/mol. The van der Waals surface area contributed by atoms with Gasteiger partial charge in [-0.2, -0.15) is 0 Å². The molecule has 0 radical (unpaired) electrons. The molecule has 3 rings (SSSR count). The van der Waals surface area contributed by atoms with Crippen molar-refractivity contribution >= 4 is 0 Å². The Morgan fingerprint density at radius 3 is 2.90 bits per heavy atom. The van der Waals surface area contributed by atoms with Gasteiger partial charge >= 0.3 is 0 Å². The van der Waals surface area contributed by atoms with E-state index in [1.807, 2.05) is 4.57 Å². The lowest BCUT2D eigenvalue weighted by Crippen LogP contribution is -2.41. The number of hydrogen-bond donors (Lipinski definition) is 2. The SMILES string of the molecule is O[C@H]1CNCC[C@@H]1n1ccnc1-c1ccc(F)c(F)c1. The fraction of sp³-hybridized carbons (Fsp3) is 0.357. The van der Waals surface area contributed by atoms with E-state index in [0.29, 0.717) is 17.9 Å². The van der Waals surface area contributed by atoms with Gasteiger partial charge < -0.3 is 15.0 Å². The molecule has 0 amide bonds. The van der Waals surface area contributed by atoms with E-state index in [1.54, 1.807) is 12.4 Å². The number of aromatic nitrogens is 2.